The molecule has 1 fully saturated rings. The number of hydrogen-bond donors (Lipinski definition) is 2. The van der Waals surface area contributed by atoms with Gasteiger partial charge in [-0.1, -0.05) is 18.9 Å². The average Bonchev–Trinajstić information content (AvgIpc) is 3.29. The Morgan fingerprint density at radius 3 is 2.72 bits per heavy atom. The van der Waals surface area contributed by atoms with Crippen molar-refractivity contribution < 1.29 is 28.2 Å². The maximum absolute atomic E-state index is 14.7. The van der Waals surface area contributed by atoms with Gasteiger partial charge in [0.05, 0.1) is 31.5 Å². The molecule has 32 heavy (non-hydrogen) atoms. The Morgan fingerprint density at radius 2 is 2.06 bits per heavy atom. The molecule has 1 aromatic heterocycles. The number of allylic oxidation sites excluding steroid dienone is 1. The molecule has 1 unspecified atom stereocenters. The van der Waals surface area contributed by atoms with E-state index >= 15 is 0 Å². The number of carbonyl (C=O) groups excluding carboxylic acids is 1. The van der Waals surface area contributed by atoms with Crippen molar-refractivity contribution in [2.45, 2.75) is 44.1 Å². The van der Waals surface area contributed by atoms with E-state index in [1.54, 1.807) is 6.08 Å². The van der Waals surface area contributed by atoms with Crippen LogP contribution in [0.5, 0.6) is 0 Å². The molecule has 0 radical (unpaired) electrons. The van der Waals surface area contributed by atoms with Gasteiger partial charge in [-0.3, -0.25) is 9.59 Å². The van der Waals surface area contributed by atoms with Gasteiger partial charge in [-0.15, -0.1) is 0 Å². The summed E-state index contributed by atoms with van der Waals surface area (Å²) >= 11 is 0. The zero-order chi connectivity index (χ0) is 23.0. The predicted octanol–water partition coefficient (Wildman–Crippen LogP) is 2.77. The molecular formula is C21H25F2N5O4. The van der Waals surface area contributed by atoms with Crippen molar-refractivity contribution in [1.29, 1.82) is 0 Å². The number of methoxy groups -OCH3 is 1. The van der Waals surface area contributed by atoms with Gasteiger partial charge < -0.3 is 25.0 Å². The molecular weight excluding hydrogens is 424 g/mol. The van der Waals surface area contributed by atoms with Gasteiger partial charge in [0, 0.05) is 13.1 Å². The first-order chi connectivity index (χ1) is 15.2. The van der Waals surface area contributed by atoms with Gasteiger partial charge in [-0.2, -0.15) is 13.8 Å². The lowest BCUT2D eigenvalue weighted by atomic mass is 9.98. The SMILES string of the molecule is COC1=CC(C(=O)O)CC=C1Nc1ncc2c(n1)N(C1CCCC1)CC(F)(F)C(=O)N2C. The minimum Gasteiger partial charge on any atom is -0.495 e. The van der Waals surface area contributed by atoms with Crippen molar-refractivity contribution in [3.05, 3.63) is 29.8 Å². The Bertz CT molecular complexity index is 990. The van der Waals surface area contributed by atoms with Crippen LogP contribution in [0.3, 0.4) is 0 Å². The highest BCUT2D eigenvalue weighted by Crippen LogP contribution is 2.39. The predicted molar refractivity (Wildman–Crippen MR) is 113 cm³/mol. The van der Waals surface area contributed by atoms with Crippen LogP contribution in [0.15, 0.2) is 29.8 Å². The largest absolute Gasteiger partial charge is 0.495 e. The van der Waals surface area contributed by atoms with E-state index in [0.717, 1.165) is 30.6 Å². The fourth-order valence-corrected chi connectivity index (χ4v) is 4.37. The number of fused-ring (bicyclic) bond motifs is 1. The molecule has 1 atom stereocenters. The maximum Gasteiger partial charge on any atom is 0.342 e. The molecule has 1 saturated carbocycles. The second kappa shape index (κ2) is 8.36. The second-order valence-electron chi connectivity index (χ2n) is 8.20. The normalized spacial score (nSPS) is 23.2. The van der Waals surface area contributed by atoms with Crippen molar-refractivity contribution in [3.8, 4) is 0 Å². The van der Waals surface area contributed by atoms with Crippen molar-refractivity contribution in [1.82, 2.24) is 9.97 Å². The number of nitrogens with one attached hydrogen (secondary N) is 1. The number of alkyl halides is 2. The number of aliphatic carboxylic acids is 1. The topological polar surface area (TPSA) is 108 Å². The van der Waals surface area contributed by atoms with Crippen molar-refractivity contribution in [2.75, 3.05) is 35.8 Å². The summed E-state index contributed by atoms with van der Waals surface area (Å²) in [5.74, 6) is -5.77. The molecule has 1 amide bonds. The monoisotopic (exact) mass is 449 g/mol. The Balaban J connectivity index is 1.69. The highest BCUT2D eigenvalue weighted by atomic mass is 19.3. The van der Waals surface area contributed by atoms with Crippen molar-refractivity contribution >= 4 is 29.3 Å². The van der Waals surface area contributed by atoms with Gasteiger partial charge in [0.25, 0.3) is 5.91 Å². The van der Waals surface area contributed by atoms with Gasteiger partial charge in [-0.25, -0.2) is 4.98 Å². The minimum absolute atomic E-state index is 0.138. The first-order valence-electron chi connectivity index (χ1n) is 10.5. The Hall–Kier alpha value is -3.24. The number of aromatic nitrogens is 2. The first kappa shape index (κ1) is 22.0. The van der Waals surface area contributed by atoms with E-state index in [4.69, 9.17) is 4.74 Å². The van der Waals surface area contributed by atoms with E-state index in [9.17, 15) is 23.5 Å². The molecule has 2 N–H and O–H groups in total. The van der Waals surface area contributed by atoms with Crippen LogP contribution in [0, 0.1) is 5.92 Å². The quantitative estimate of drug-likeness (QED) is 0.707. The number of ether oxygens (including phenoxy) is 1. The molecule has 2 heterocycles. The molecule has 3 aliphatic rings. The summed E-state index contributed by atoms with van der Waals surface area (Å²) in [5, 5.41) is 12.2. The standard InChI is InChI=1S/C21H25F2N5O4/c1-27-15-10-24-20(25-14-8-7-12(18(29)30)9-16(14)32-2)26-17(15)28(13-5-3-4-6-13)11-21(22,23)19(27)31/h8-10,12-13H,3-7,11H2,1-2H3,(H,29,30)(H,24,25,26). The number of hydrogen-bond acceptors (Lipinski definition) is 7. The van der Waals surface area contributed by atoms with E-state index in [-0.39, 0.29) is 29.9 Å². The summed E-state index contributed by atoms with van der Waals surface area (Å²) < 4.78 is 34.6. The molecule has 1 aromatic rings. The van der Waals surface area contributed by atoms with Crippen LogP contribution in [-0.2, 0) is 14.3 Å². The summed E-state index contributed by atoms with van der Waals surface area (Å²) in [6, 6.07) is -0.138. The summed E-state index contributed by atoms with van der Waals surface area (Å²) in [6.07, 6.45) is 8.14. The van der Waals surface area contributed by atoms with E-state index in [1.165, 1.54) is 31.3 Å². The number of carboxylic acid groups (broad SMARTS) is 1. The van der Waals surface area contributed by atoms with E-state index < -0.39 is 30.3 Å². The average molecular weight is 449 g/mol. The molecule has 0 aromatic carbocycles. The van der Waals surface area contributed by atoms with Crippen LogP contribution in [0.1, 0.15) is 32.1 Å². The lowest BCUT2D eigenvalue weighted by molar-refractivity contribution is -0.141. The lowest BCUT2D eigenvalue weighted by Gasteiger charge is -2.31. The van der Waals surface area contributed by atoms with E-state index in [1.807, 2.05) is 0 Å². The summed E-state index contributed by atoms with van der Waals surface area (Å²) in [7, 11) is 2.72. The molecule has 0 saturated heterocycles. The van der Waals surface area contributed by atoms with Gasteiger partial charge in [0.15, 0.2) is 5.82 Å². The second-order valence-corrected chi connectivity index (χ2v) is 8.20. The Labute approximate surface area is 183 Å². The number of amides is 1. The molecule has 0 spiro atoms. The van der Waals surface area contributed by atoms with E-state index in [0.29, 0.717) is 11.5 Å². The van der Waals surface area contributed by atoms with Crippen molar-refractivity contribution in [3.63, 3.8) is 0 Å². The number of carboxylic acids is 1. The molecule has 9 nitrogen and oxygen atoms in total. The highest BCUT2D eigenvalue weighted by Gasteiger charge is 2.48. The maximum atomic E-state index is 14.7. The number of rotatable bonds is 5. The third-order valence-electron chi connectivity index (χ3n) is 6.11. The zero-order valence-electron chi connectivity index (χ0n) is 17.8. The number of anilines is 3. The summed E-state index contributed by atoms with van der Waals surface area (Å²) in [6.45, 7) is -0.740. The molecule has 4 rings (SSSR count). The molecule has 172 valence electrons. The first-order valence-corrected chi connectivity index (χ1v) is 10.5. The third kappa shape index (κ3) is 3.98. The fraction of sp³-hybridized carbons (Fsp3) is 0.524. The van der Waals surface area contributed by atoms with Gasteiger partial charge >= 0.3 is 11.9 Å². The number of carbonyl (C=O) groups is 2. The smallest absolute Gasteiger partial charge is 0.342 e. The van der Waals surface area contributed by atoms with Gasteiger partial charge in [0.1, 0.15) is 11.4 Å². The number of nitrogens with zero attached hydrogens (tertiary/aromatic N) is 4. The van der Waals surface area contributed by atoms with Crippen LogP contribution in [-0.4, -0.2) is 59.6 Å². The lowest BCUT2D eigenvalue weighted by Crippen LogP contribution is -2.48. The highest BCUT2D eigenvalue weighted by molar-refractivity contribution is 6.02. The summed E-state index contributed by atoms with van der Waals surface area (Å²) in [4.78, 5) is 34.8. The van der Waals surface area contributed by atoms with Crippen LogP contribution in [0.25, 0.3) is 0 Å². The van der Waals surface area contributed by atoms with Crippen LogP contribution < -0.4 is 15.1 Å². The van der Waals surface area contributed by atoms with Gasteiger partial charge in [0.2, 0.25) is 5.95 Å². The zero-order valence-corrected chi connectivity index (χ0v) is 17.8. The molecule has 0 bridgehead atoms. The minimum atomic E-state index is -3.55. The number of halogens is 2. The van der Waals surface area contributed by atoms with E-state index in [2.05, 4.69) is 15.3 Å². The van der Waals surface area contributed by atoms with Crippen LogP contribution in [0.4, 0.5) is 26.2 Å². The van der Waals surface area contributed by atoms with Gasteiger partial charge in [-0.05, 0) is 25.3 Å². The molecule has 2 aliphatic carbocycles. The molecule has 1 aliphatic heterocycles. The van der Waals surface area contributed by atoms with Crippen LogP contribution in [0.2, 0.25) is 0 Å². The summed E-state index contributed by atoms with van der Waals surface area (Å²) in [5.41, 5.74) is 0.705. The molecule has 11 heteroatoms. The third-order valence-corrected chi connectivity index (χ3v) is 6.11. The van der Waals surface area contributed by atoms with Crippen LogP contribution >= 0.6 is 0 Å². The Morgan fingerprint density at radius 1 is 1.34 bits per heavy atom. The Kier molecular flexibility index (Phi) is 5.74. The fourth-order valence-electron chi connectivity index (χ4n) is 4.37. The van der Waals surface area contributed by atoms with Crippen molar-refractivity contribution in [2.24, 2.45) is 5.92 Å².